The zero-order valence-electron chi connectivity index (χ0n) is 14.4. The molecule has 0 aliphatic carbocycles. The average Bonchev–Trinajstić information content (AvgIpc) is 3.18. The summed E-state index contributed by atoms with van der Waals surface area (Å²) in [6.45, 7) is 0. The molecule has 1 aromatic heterocycles. The van der Waals surface area contributed by atoms with Gasteiger partial charge in [0.25, 0.3) is 0 Å². The number of methoxy groups -OCH3 is 1. The Balaban J connectivity index is 1.74. The Kier molecular flexibility index (Phi) is 5.28. The molecular weight excluding hydrogens is 335 g/mol. The van der Waals surface area contributed by atoms with Crippen LogP contribution in [-0.2, 0) is 4.79 Å². The Hall–Kier alpha value is -3.19. The fourth-order valence-electron chi connectivity index (χ4n) is 2.68. The van der Waals surface area contributed by atoms with Gasteiger partial charge in [0, 0.05) is 17.4 Å². The Bertz CT molecular complexity index is 879. The van der Waals surface area contributed by atoms with Crippen molar-refractivity contribution in [3.8, 4) is 16.9 Å². The van der Waals surface area contributed by atoms with Gasteiger partial charge in [-0.25, -0.2) is 4.39 Å². The van der Waals surface area contributed by atoms with E-state index in [4.69, 9.17) is 4.74 Å². The standard InChI is InChI=1S/C19H19FN4O2/c1-21-18(13-5-8-17(26-2)16(20)9-13)19(25)24-15-6-3-12(4-7-15)14-10-22-23-11-14/h3-11,18,21H,1-2H3,(H,22,23)(H,24,25). The third kappa shape index (κ3) is 3.73. The summed E-state index contributed by atoms with van der Waals surface area (Å²) in [5.41, 5.74) is 3.11. The lowest BCUT2D eigenvalue weighted by Gasteiger charge is -2.17. The number of H-pyrrole nitrogens is 1. The van der Waals surface area contributed by atoms with Gasteiger partial charge in [-0.3, -0.25) is 9.89 Å². The van der Waals surface area contributed by atoms with Crippen molar-refractivity contribution in [2.24, 2.45) is 0 Å². The van der Waals surface area contributed by atoms with Crippen LogP contribution in [0.3, 0.4) is 0 Å². The van der Waals surface area contributed by atoms with Gasteiger partial charge >= 0.3 is 0 Å². The van der Waals surface area contributed by atoms with E-state index in [1.807, 2.05) is 24.3 Å². The van der Waals surface area contributed by atoms with Gasteiger partial charge < -0.3 is 15.4 Å². The van der Waals surface area contributed by atoms with Crippen LogP contribution in [0.5, 0.6) is 5.75 Å². The first-order chi connectivity index (χ1) is 12.6. The van der Waals surface area contributed by atoms with Gasteiger partial charge in [-0.1, -0.05) is 18.2 Å². The number of halogens is 1. The second-order valence-electron chi connectivity index (χ2n) is 5.67. The minimum absolute atomic E-state index is 0.138. The summed E-state index contributed by atoms with van der Waals surface area (Å²) in [5, 5.41) is 12.4. The number of carbonyl (C=O) groups excluding carboxylic acids is 1. The molecule has 134 valence electrons. The normalized spacial score (nSPS) is 11.8. The van der Waals surface area contributed by atoms with Crippen LogP contribution in [0.15, 0.2) is 54.9 Å². The zero-order chi connectivity index (χ0) is 18.5. The third-order valence-corrected chi connectivity index (χ3v) is 4.04. The molecule has 3 N–H and O–H groups in total. The predicted molar refractivity (Wildman–Crippen MR) is 97.4 cm³/mol. The van der Waals surface area contributed by atoms with E-state index in [1.165, 1.54) is 19.2 Å². The number of anilines is 1. The molecule has 7 heteroatoms. The summed E-state index contributed by atoms with van der Waals surface area (Å²) in [5.74, 6) is -0.658. The number of likely N-dealkylation sites (N-methyl/N-ethyl adjacent to an activating group) is 1. The highest BCUT2D eigenvalue weighted by atomic mass is 19.1. The lowest BCUT2D eigenvalue weighted by molar-refractivity contribution is -0.118. The number of hydrogen-bond donors (Lipinski definition) is 3. The van der Waals surface area contributed by atoms with Crippen molar-refractivity contribution >= 4 is 11.6 Å². The number of carbonyl (C=O) groups is 1. The highest BCUT2D eigenvalue weighted by Crippen LogP contribution is 2.24. The smallest absolute Gasteiger partial charge is 0.246 e. The Morgan fingerprint density at radius 3 is 2.54 bits per heavy atom. The van der Waals surface area contributed by atoms with Gasteiger partial charge in [0.1, 0.15) is 6.04 Å². The molecule has 0 bridgehead atoms. The largest absolute Gasteiger partial charge is 0.494 e. The van der Waals surface area contributed by atoms with Crippen LogP contribution < -0.4 is 15.4 Å². The Morgan fingerprint density at radius 1 is 1.19 bits per heavy atom. The monoisotopic (exact) mass is 354 g/mol. The molecule has 1 amide bonds. The van der Waals surface area contributed by atoms with E-state index in [0.29, 0.717) is 11.3 Å². The Morgan fingerprint density at radius 2 is 1.96 bits per heavy atom. The lowest BCUT2D eigenvalue weighted by atomic mass is 10.1. The molecule has 2 aromatic carbocycles. The van der Waals surface area contributed by atoms with Crippen molar-refractivity contribution in [2.75, 3.05) is 19.5 Å². The van der Waals surface area contributed by atoms with E-state index >= 15 is 0 Å². The molecule has 6 nitrogen and oxygen atoms in total. The summed E-state index contributed by atoms with van der Waals surface area (Å²) < 4.78 is 18.8. The predicted octanol–water partition coefficient (Wildman–Crippen LogP) is 3.12. The molecule has 1 heterocycles. The van der Waals surface area contributed by atoms with Crippen LogP contribution in [0, 0.1) is 5.82 Å². The molecule has 0 saturated heterocycles. The number of hydrogen-bond acceptors (Lipinski definition) is 4. The number of rotatable bonds is 6. The maximum Gasteiger partial charge on any atom is 0.246 e. The summed E-state index contributed by atoms with van der Waals surface area (Å²) in [6.07, 6.45) is 3.52. The molecule has 26 heavy (non-hydrogen) atoms. The number of nitrogens with zero attached hydrogens (tertiary/aromatic N) is 1. The molecule has 1 unspecified atom stereocenters. The molecule has 0 saturated carbocycles. The van der Waals surface area contributed by atoms with E-state index in [0.717, 1.165) is 11.1 Å². The highest BCUT2D eigenvalue weighted by Gasteiger charge is 2.20. The topological polar surface area (TPSA) is 79.0 Å². The van der Waals surface area contributed by atoms with Crippen LogP contribution in [-0.4, -0.2) is 30.3 Å². The molecule has 0 aliphatic rings. The maximum atomic E-state index is 13.9. The fraction of sp³-hybridized carbons (Fsp3) is 0.158. The van der Waals surface area contributed by atoms with Crippen LogP contribution in [0.25, 0.3) is 11.1 Å². The maximum absolute atomic E-state index is 13.9. The number of aromatic amines is 1. The van der Waals surface area contributed by atoms with Crippen LogP contribution in [0.1, 0.15) is 11.6 Å². The second kappa shape index (κ2) is 7.79. The first-order valence-electron chi connectivity index (χ1n) is 8.03. The highest BCUT2D eigenvalue weighted by molar-refractivity contribution is 5.95. The van der Waals surface area contributed by atoms with Crippen LogP contribution >= 0.6 is 0 Å². The van der Waals surface area contributed by atoms with Gasteiger partial charge in [-0.2, -0.15) is 5.10 Å². The van der Waals surface area contributed by atoms with E-state index < -0.39 is 11.9 Å². The van der Waals surface area contributed by atoms with Crippen LogP contribution in [0.2, 0.25) is 0 Å². The first-order valence-corrected chi connectivity index (χ1v) is 8.03. The molecule has 1 atom stereocenters. The minimum atomic E-state index is -0.691. The third-order valence-electron chi connectivity index (χ3n) is 4.04. The zero-order valence-corrected chi connectivity index (χ0v) is 14.4. The van der Waals surface area contributed by atoms with Gasteiger partial charge in [0.05, 0.1) is 13.3 Å². The first kappa shape index (κ1) is 17.6. The van der Waals surface area contributed by atoms with E-state index in [2.05, 4.69) is 20.8 Å². The van der Waals surface area contributed by atoms with Crippen molar-refractivity contribution in [1.29, 1.82) is 0 Å². The lowest BCUT2D eigenvalue weighted by Crippen LogP contribution is -2.30. The number of amides is 1. The molecule has 3 rings (SSSR count). The Labute approximate surface area is 150 Å². The van der Waals surface area contributed by atoms with Crippen molar-refractivity contribution in [2.45, 2.75) is 6.04 Å². The van der Waals surface area contributed by atoms with Gasteiger partial charge in [0.15, 0.2) is 11.6 Å². The number of ether oxygens (including phenoxy) is 1. The van der Waals surface area contributed by atoms with Crippen molar-refractivity contribution < 1.29 is 13.9 Å². The number of nitrogens with one attached hydrogen (secondary N) is 3. The number of benzene rings is 2. The summed E-state index contributed by atoms with van der Waals surface area (Å²) >= 11 is 0. The summed E-state index contributed by atoms with van der Waals surface area (Å²) in [7, 11) is 3.04. The molecule has 0 radical (unpaired) electrons. The summed E-state index contributed by atoms with van der Waals surface area (Å²) in [4.78, 5) is 12.6. The van der Waals surface area contributed by atoms with E-state index in [1.54, 1.807) is 25.5 Å². The molecular formula is C19H19FN4O2. The number of aromatic nitrogens is 2. The van der Waals surface area contributed by atoms with Gasteiger partial charge in [0.2, 0.25) is 5.91 Å². The van der Waals surface area contributed by atoms with Crippen molar-refractivity contribution in [1.82, 2.24) is 15.5 Å². The van der Waals surface area contributed by atoms with Crippen molar-refractivity contribution in [3.63, 3.8) is 0 Å². The van der Waals surface area contributed by atoms with Gasteiger partial charge in [-0.15, -0.1) is 0 Å². The molecule has 0 fully saturated rings. The SMILES string of the molecule is CNC(C(=O)Nc1ccc(-c2cn[nH]c2)cc1)c1ccc(OC)c(F)c1. The summed E-state index contributed by atoms with van der Waals surface area (Å²) in [6, 6.07) is 11.2. The van der Waals surface area contributed by atoms with Gasteiger partial charge in [-0.05, 0) is 42.4 Å². The molecule has 0 spiro atoms. The molecule has 3 aromatic rings. The van der Waals surface area contributed by atoms with E-state index in [-0.39, 0.29) is 11.7 Å². The fourth-order valence-corrected chi connectivity index (χ4v) is 2.68. The van der Waals surface area contributed by atoms with E-state index in [9.17, 15) is 9.18 Å². The molecule has 0 aliphatic heterocycles. The minimum Gasteiger partial charge on any atom is -0.494 e. The average molecular weight is 354 g/mol. The van der Waals surface area contributed by atoms with Crippen LogP contribution in [0.4, 0.5) is 10.1 Å². The quantitative estimate of drug-likeness (QED) is 0.635. The second-order valence-corrected chi connectivity index (χ2v) is 5.67. The van der Waals surface area contributed by atoms with Crippen molar-refractivity contribution in [3.05, 3.63) is 66.2 Å².